The summed E-state index contributed by atoms with van der Waals surface area (Å²) in [5.74, 6) is 1.45. The summed E-state index contributed by atoms with van der Waals surface area (Å²) < 4.78 is 2.07. The third-order valence-electron chi connectivity index (χ3n) is 4.96. The van der Waals surface area contributed by atoms with E-state index in [9.17, 15) is 4.79 Å². The van der Waals surface area contributed by atoms with Crippen molar-refractivity contribution in [3.8, 4) is 0 Å². The van der Waals surface area contributed by atoms with Crippen molar-refractivity contribution in [2.75, 3.05) is 0 Å². The molecule has 0 spiro atoms. The lowest BCUT2D eigenvalue weighted by Gasteiger charge is -2.22. The van der Waals surface area contributed by atoms with Gasteiger partial charge in [0.15, 0.2) is 11.0 Å². The van der Waals surface area contributed by atoms with E-state index in [1.807, 2.05) is 13.8 Å². The highest BCUT2D eigenvalue weighted by Crippen LogP contribution is 2.28. The first kappa shape index (κ1) is 23.6. The first-order valence-electron chi connectivity index (χ1n) is 10.2. The van der Waals surface area contributed by atoms with Crippen molar-refractivity contribution in [3.63, 3.8) is 0 Å². The van der Waals surface area contributed by atoms with Gasteiger partial charge in [-0.15, -0.1) is 10.2 Å². The second-order valence-corrected chi connectivity index (χ2v) is 9.44. The third-order valence-corrected chi connectivity index (χ3v) is 6.74. The van der Waals surface area contributed by atoms with E-state index in [0.717, 1.165) is 16.7 Å². The molecule has 3 aromatic rings. The minimum absolute atomic E-state index is 0.121. The number of aromatic nitrogens is 3. The summed E-state index contributed by atoms with van der Waals surface area (Å²) in [4.78, 5) is 12.9. The molecule has 0 aliphatic heterocycles. The van der Waals surface area contributed by atoms with E-state index in [1.165, 1.54) is 11.1 Å². The Morgan fingerprint density at radius 2 is 1.81 bits per heavy atom. The number of halogens is 2. The van der Waals surface area contributed by atoms with Gasteiger partial charge in [-0.2, -0.15) is 0 Å². The molecule has 3 rings (SSSR count). The topological polar surface area (TPSA) is 59.8 Å². The van der Waals surface area contributed by atoms with Crippen LogP contribution in [0.2, 0.25) is 10.0 Å². The maximum absolute atomic E-state index is 12.9. The minimum atomic E-state index is -0.289. The molecule has 2 aromatic carbocycles. The number of rotatable bonds is 8. The molecular formula is C23H26Cl2N4OS. The molecule has 0 fully saturated rings. The van der Waals surface area contributed by atoms with Gasteiger partial charge in [0, 0.05) is 17.9 Å². The molecule has 31 heavy (non-hydrogen) atoms. The highest BCUT2D eigenvalue weighted by molar-refractivity contribution is 7.98. The van der Waals surface area contributed by atoms with E-state index in [-0.39, 0.29) is 17.9 Å². The molecule has 8 heteroatoms. The first-order chi connectivity index (χ1) is 14.8. The van der Waals surface area contributed by atoms with Gasteiger partial charge in [0.2, 0.25) is 0 Å². The molecule has 1 aromatic heterocycles. The van der Waals surface area contributed by atoms with E-state index in [1.54, 1.807) is 30.0 Å². The van der Waals surface area contributed by atoms with Gasteiger partial charge < -0.3 is 9.88 Å². The van der Waals surface area contributed by atoms with E-state index >= 15 is 0 Å². The second-order valence-electron chi connectivity index (χ2n) is 7.68. The highest BCUT2D eigenvalue weighted by atomic mass is 35.5. The number of hydrogen-bond acceptors (Lipinski definition) is 4. The van der Waals surface area contributed by atoms with Crippen molar-refractivity contribution in [2.24, 2.45) is 5.92 Å². The first-order valence-corrected chi connectivity index (χ1v) is 11.9. The van der Waals surface area contributed by atoms with Crippen LogP contribution in [0.15, 0.2) is 47.6 Å². The van der Waals surface area contributed by atoms with E-state index in [2.05, 4.69) is 58.2 Å². The number of benzene rings is 2. The quantitative estimate of drug-likeness (QED) is 0.385. The summed E-state index contributed by atoms with van der Waals surface area (Å²) in [5.41, 5.74) is 2.93. The summed E-state index contributed by atoms with van der Waals surface area (Å²) >= 11 is 13.7. The highest BCUT2D eigenvalue weighted by Gasteiger charge is 2.26. The Kier molecular flexibility index (Phi) is 8.03. The molecule has 1 unspecified atom stereocenters. The molecule has 1 heterocycles. The van der Waals surface area contributed by atoms with Crippen LogP contribution < -0.4 is 5.32 Å². The fourth-order valence-corrected chi connectivity index (χ4v) is 4.42. The smallest absolute Gasteiger partial charge is 0.251 e. The summed E-state index contributed by atoms with van der Waals surface area (Å²) in [6, 6.07) is 13.0. The van der Waals surface area contributed by atoms with Crippen LogP contribution in [-0.4, -0.2) is 20.7 Å². The van der Waals surface area contributed by atoms with Gasteiger partial charge >= 0.3 is 0 Å². The van der Waals surface area contributed by atoms with Crippen LogP contribution in [-0.2, 0) is 12.3 Å². The Bertz CT molecular complexity index is 1050. The molecular weight excluding hydrogens is 451 g/mol. The summed E-state index contributed by atoms with van der Waals surface area (Å²) in [5, 5.41) is 13.6. The zero-order valence-corrected chi connectivity index (χ0v) is 20.4. The molecule has 0 aliphatic rings. The van der Waals surface area contributed by atoms with Crippen LogP contribution in [0.25, 0.3) is 0 Å². The Balaban J connectivity index is 1.79. The lowest BCUT2D eigenvalue weighted by molar-refractivity contribution is 0.0922. The van der Waals surface area contributed by atoms with Crippen LogP contribution in [0.1, 0.15) is 54.1 Å². The number of nitrogens with zero attached hydrogens (tertiary/aromatic N) is 3. The molecule has 0 radical (unpaired) electrons. The Hall–Kier alpha value is -2.02. The fraction of sp³-hybridized carbons (Fsp3) is 0.348. The van der Waals surface area contributed by atoms with Gasteiger partial charge in [-0.3, -0.25) is 4.79 Å². The van der Waals surface area contributed by atoms with E-state index in [0.29, 0.717) is 22.2 Å². The molecule has 5 nitrogen and oxygen atoms in total. The number of carbonyl (C=O) groups is 1. The number of thioether (sulfide) groups is 1. The van der Waals surface area contributed by atoms with Crippen LogP contribution in [0, 0.1) is 12.8 Å². The third kappa shape index (κ3) is 5.82. The lowest BCUT2D eigenvalue weighted by atomic mass is 10.0. The van der Waals surface area contributed by atoms with Crippen LogP contribution in [0.4, 0.5) is 0 Å². The summed E-state index contributed by atoms with van der Waals surface area (Å²) in [7, 11) is 0. The number of hydrogen-bond donors (Lipinski definition) is 1. The van der Waals surface area contributed by atoms with Crippen LogP contribution in [0.3, 0.4) is 0 Å². The van der Waals surface area contributed by atoms with Crippen molar-refractivity contribution in [1.82, 2.24) is 20.1 Å². The molecule has 0 bridgehead atoms. The van der Waals surface area contributed by atoms with Crippen molar-refractivity contribution < 1.29 is 4.79 Å². The average molecular weight is 477 g/mol. The Labute approximate surface area is 197 Å². The zero-order chi connectivity index (χ0) is 22.5. The van der Waals surface area contributed by atoms with Gasteiger partial charge in [0.1, 0.15) is 0 Å². The average Bonchev–Trinajstić information content (AvgIpc) is 3.15. The van der Waals surface area contributed by atoms with Gasteiger partial charge in [0.25, 0.3) is 5.91 Å². The van der Waals surface area contributed by atoms with Crippen molar-refractivity contribution >= 4 is 40.9 Å². The van der Waals surface area contributed by atoms with Gasteiger partial charge in [-0.25, -0.2) is 0 Å². The predicted molar refractivity (Wildman–Crippen MR) is 128 cm³/mol. The van der Waals surface area contributed by atoms with Gasteiger partial charge in [-0.05, 0) is 43.5 Å². The zero-order valence-electron chi connectivity index (χ0n) is 18.0. The Morgan fingerprint density at radius 3 is 2.42 bits per heavy atom. The normalized spacial score (nSPS) is 12.2. The monoisotopic (exact) mass is 476 g/mol. The number of amides is 1. The molecule has 0 saturated heterocycles. The molecule has 0 saturated carbocycles. The van der Waals surface area contributed by atoms with E-state index in [4.69, 9.17) is 23.2 Å². The standard InChI is InChI=1S/C23H26Cl2N4OS/c1-5-29-21(27-28-23(29)31-13-16-8-6-15(4)7-9-16)20(14(2)3)26-22(30)17-10-11-18(24)19(25)12-17/h6-12,14,20H,5,13H2,1-4H3,(H,26,30). The number of nitrogens with one attached hydrogen (secondary N) is 1. The number of carbonyl (C=O) groups excluding carboxylic acids is 1. The minimum Gasteiger partial charge on any atom is -0.342 e. The van der Waals surface area contributed by atoms with Crippen molar-refractivity contribution in [1.29, 1.82) is 0 Å². The molecule has 1 amide bonds. The number of aryl methyl sites for hydroxylation is 1. The molecule has 0 aliphatic carbocycles. The largest absolute Gasteiger partial charge is 0.342 e. The second kappa shape index (κ2) is 10.5. The van der Waals surface area contributed by atoms with Crippen LogP contribution >= 0.6 is 35.0 Å². The molecule has 1 atom stereocenters. The molecule has 164 valence electrons. The summed E-state index contributed by atoms with van der Waals surface area (Å²) in [6.07, 6.45) is 0. The SMILES string of the molecule is CCn1c(SCc2ccc(C)cc2)nnc1C(NC(=O)c1ccc(Cl)c(Cl)c1)C(C)C. The summed E-state index contributed by atoms with van der Waals surface area (Å²) in [6.45, 7) is 8.95. The van der Waals surface area contributed by atoms with Crippen molar-refractivity contribution in [2.45, 2.75) is 51.2 Å². The molecule has 1 N–H and O–H groups in total. The maximum atomic E-state index is 12.9. The van der Waals surface area contributed by atoms with Gasteiger partial charge in [0.05, 0.1) is 16.1 Å². The Morgan fingerprint density at radius 1 is 1.10 bits per heavy atom. The van der Waals surface area contributed by atoms with Crippen molar-refractivity contribution in [3.05, 3.63) is 75.0 Å². The van der Waals surface area contributed by atoms with E-state index < -0.39 is 0 Å². The lowest BCUT2D eigenvalue weighted by Crippen LogP contribution is -2.33. The predicted octanol–water partition coefficient (Wildman–Crippen LogP) is 6.33. The van der Waals surface area contributed by atoms with Gasteiger partial charge in [-0.1, -0.05) is 78.6 Å². The fourth-order valence-electron chi connectivity index (χ4n) is 3.16. The maximum Gasteiger partial charge on any atom is 0.251 e. The van der Waals surface area contributed by atoms with Crippen LogP contribution in [0.5, 0.6) is 0 Å².